The SMILES string of the molecule is COc1ccc(NS(=O)(=O)c2cn(Cc3ccccc3)nc2-c2cccs2)c(OC)c1. The highest BCUT2D eigenvalue weighted by Gasteiger charge is 2.25. The third-order valence-corrected chi connectivity index (χ3v) is 6.86. The van der Waals surface area contributed by atoms with Gasteiger partial charge in [-0.25, -0.2) is 8.42 Å². The average molecular weight is 456 g/mol. The second-order valence-corrected chi connectivity index (χ2v) is 9.27. The van der Waals surface area contributed by atoms with Crippen molar-refractivity contribution in [2.45, 2.75) is 11.4 Å². The van der Waals surface area contributed by atoms with E-state index >= 15 is 0 Å². The molecule has 2 heterocycles. The van der Waals surface area contributed by atoms with E-state index in [0.29, 0.717) is 29.4 Å². The summed E-state index contributed by atoms with van der Waals surface area (Å²) in [7, 11) is -0.933. The number of rotatable bonds is 8. The van der Waals surface area contributed by atoms with Gasteiger partial charge < -0.3 is 9.47 Å². The van der Waals surface area contributed by atoms with E-state index in [9.17, 15) is 8.42 Å². The first-order chi connectivity index (χ1) is 15.0. The van der Waals surface area contributed by atoms with Crippen LogP contribution < -0.4 is 14.2 Å². The maximum atomic E-state index is 13.4. The molecule has 160 valence electrons. The summed E-state index contributed by atoms with van der Waals surface area (Å²) in [5, 5.41) is 6.47. The molecule has 0 fully saturated rings. The lowest BCUT2D eigenvalue weighted by Crippen LogP contribution is -2.14. The van der Waals surface area contributed by atoms with E-state index in [4.69, 9.17) is 9.47 Å². The molecule has 4 aromatic rings. The summed E-state index contributed by atoms with van der Waals surface area (Å²) in [6.45, 7) is 0.459. The largest absolute Gasteiger partial charge is 0.497 e. The molecule has 0 unspecified atom stereocenters. The Balaban J connectivity index is 1.73. The van der Waals surface area contributed by atoms with Crippen LogP contribution in [0.3, 0.4) is 0 Å². The lowest BCUT2D eigenvalue weighted by atomic mass is 10.2. The van der Waals surface area contributed by atoms with Crippen molar-refractivity contribution >= 4 is 27.0 Å². The number of hydrogen-bond donors (Lipinski definition) is 1. The van der Waals surface area contributed by atoms with Crippen LogP contribution in [0.2, 0.25) is 0 Å². The molecule has 9 heteroatoms. The molecular formula is C22H21N3O4S2. The molecule has 0 bridgehead atoms. The minimum absolute atomic E-state index is 0.101. The predicted octanol–water partition coefficient (Wildman–Crippen LogP) is 4.48. The van der Waals surface area contributed by atoms with Gasteiger partial charge in [0.1, 0.15) is 22.1 Å². The van der Waals surface area contributed by atoms with Crippen LogP contribution in [-0.4, -0.2) is 32.4 Å². The van der Waals surface area contributed by atoms with Crippen LogP contribution in [0.15, 0.2) is 77.1 Å². The van der Waals surface area contributed by atoms with Gasteiger partial charge in [-0.3, -0.25) is 9.40 Å². The summed E-state index contributed by atoms with van der Waals surface area (Å²) in [6, 6.07) is 18.4. The van der Waals surface area contributed by atoms with Crippen LogP contribution in [-0.2, 0) is 16.6 Å². The Morgan fingerprint density at radius 3 is 2.52 bits per heavy atom. The van der Waals surface area contributed by atoms with E-state index in [1.807, 2.05) is 47.8 Å². The van der Waals surface area contributed by atoms with E-state index in [1.165, 1.54) is 25.6 Å². The van der Waals surface area contributed by atoms with Gasteiger partial charge in [-0.1, -0.05) is 36.4 Å². The first kappa shape index (κ1) is 21.0. The van der Waals surface area contributed by atoms with Gasteiger partial charge in [-0.05, 0) is 29.1 Å². The first-order valence-electron chi connectivity index (χ1n) is 9.40. The fourth-order valence-corrected chi connectivity index (χ4v) is 5.14. The number of hydrogen-bond acceptors (Lipinski definition) is 6. The topological polar surface area (TPSA) is 82.5 Å². The highest BCUT2D eigenvalue weighted by molar-refractivity contribution is 7.92. The van der Waals surface area contributed by atoms with E-state index in [0.717, 1.165) is 10.4 Å². The van der Waals surface area contributed by atoms with Gasteiger partial charge in [-0.2, -0.15) is 5.10 Å². The zero-order chi connectivity index (χ0) is 21.8. The molecular weight excluding hydrogens is 434 g/mol. The lowest BCUT2D eigenvalue weighted by molar-refractivity contribution is 0.395. The highest BCUT2D eigenvalue weighted by atomic mass is 32.2. The summed E-state index contributed by atoms with van der Waals surface area (Å²) in [6.07, 6.45) is 1.56. The standard InChI is InChI=1S/C22H21N3O4S2/c1-28-17-10-11-18(19(13-17)29-2)24-31(26,27)21-15-25(14-16-7-4-3-5-8-16)23-22(21)20-9-6-12-30-20/h3-13,15,24H,14H2,1-2H3. The number of methoxy groups -OCH3 is 2. The molecule has 0 saturated heterocycles. The maximum Gasteiger partial charge on any atom is 0.265 e. The van der Waals surface area contributed by atoms with Crippen molar-refractivity contribution in [3.63, 3.8) is 0 Å². The number of anilines is 1. The fraction of sp³-hybridized carbons (Fsp3) is 0.136. The van der Waals surface area contributed by atoms with E-state index in [1.54, 1.807) is 29.1 Å². The minimum Gasteiger partial charge on any atom is -0.497 e. The van der Waals surface area contributed by atoms with Gasteiger partial charge in [0.2, 0.25) is 0 Å². The molecule has 0 atom stereocenters. The molecule has 1 N–H and O–H groups in total. The molecule has 0 radical (unpaired) electrons. The van der Waals surface area contributed by atoms with E-state index < -0.39 is 10.0 Å². The van der Waals surface area contributed by atoms with Crippen molar-refractivity contribution in [2.75, 3.05) is 18.9 Å². The Labute approximate surface area is 184 Å². The summed E-state index contributed by atoms with van der Waals surface area (Å²) in [4.78, 5) is 0.873. The van der Waals surface area contributed by atoms with Crippen molar-refractivity contribution in [3.8, 4) is 22.1 Å². The van der Waals surface area contributed by atoms with Crippen LogP contribution in [0.25, 0.3) is 10.6 Å². The smallest absolute Gasteiger partial charge is 0.265 e. The molecule has 0 aliphatic heterocycles. The monoisotopic (exact) mass is 455 g/mol. The Morgan fingerprint density at radius 1 is 1.03 bits per heavy atom. The predicted molar refractivity (Wildman–Crippen MR) is 121 cm³/mol. The first-order valence-corrected chi connectivity index (χ1v) is 11.8. The van der Waals surface area contributed by atoms with Crippen molar-refractivity contribution in [3.05, 3.63) is 77.8 Å². The number of nitrogens with zero attached hydrogens (tertiary/aromatic N) is 2. The molecule has 2 aromatic carbocycles. The molecule has 0 saturated carbocycles. The van der Waals surface area contributed by atoms with Crippen LogP contribution in [0.1, 0.15) is 5.56 Å². The van der Waals surface area contributed by atoms with Gasteiger partial charge in [0.15, 0.2) is 0 Å². The molecule has 31 heavy (non-hydrogen) atoms. The second-order valence-electron chi connectivity index (χ2n) is 6.67. The van der Waals surface area contributed by atoms with Crippen LogP contribution in [0.5, 0.6) is 11.5 Å². The second kappa shape index (κ2) is 8.83. The zero-order valence-corrected chi connectivity index (χ0v) is 18.6. The Morgan fingerprint density at radius 2 is 1.84 bits per heavy atom. The molecule has 0 aliphatic carbocycles. The van der Waals surface area contributed by atoms with Gasteiger partial charge in [-0.15, -0.1) is 11.3 Å². The molecule has 0 aliphatic rings. The van der Waals surface area contributed by atoms with Crippen molar-refractivity contribution in [1.82, 2.24) is 9.78 Å². The zero-order valence-electron chi connectivity index (χ0n) is 17.0. The average Bonchev–Trinajstić information content (AvgIpc) is 3.45. The third-order valence-electron chi connectivity index (χ3n) is 4.61. The minimum atomic E-state index is -3.94. The third kappa shape index (κ3) is 4.57. The van der Waals surface area contributed by atoms with Crippen LogP contribution >= 0.6 is 11.3 Å². The van der Waals surface area contributed by atoms with Gasteiger partial charge >= 0.3 is 0 Å². The van der Waals surface area contributed by atoms with E-state index in [2.05, 4.69) is 9.82 Å². The highest BCUT2D eigenvalue weighted by Crippen LogP contribution is 2.34. The van der Waals surface area contributed by atoms with Crippen molar-refractivity contribution in [2.24, 2.45) is 0 Å². The Kier molecular flexibility index (Phi) is 5.97. The Hall–Kier alpha value is -3.30. The number of nitrogens with one attached hydrogen (secondary N) is 1. The van der Waals surface area contributed by atoms with Crippen LogP contribution in [0.4, 0.5) is 5.69 Å². The molecule has 2 aromatic heterocycles. The van der Waals surface area contributed by atoms with E-state index in [-0.39, 0.29) is 4.90 Å². The summed E-state index contributed by atoms with van der Waals surface area (Å²) < 4.78 is 41.5. The maximum absolute atomic E-state index is 13.4. The summed E-state index contributed by atoms with van der Waals surface area (Å²) in [5.74, 6) is 0.923. The normalized spacial score (nSPS) is 11.3. The number of sulfonamides is 1. The molecule has 0 amide bonds. The lowest BCUT2D eigenvalue weighted by Gasteiger charge is -2.12. The molecule has 4 rings (SSSR count). The van der Waals surface area contributed by atoms with Gasteiger partial charge in [0, 0.05) is 12.3 Å². The van der Waals surface area contributed by atoms with Gasteiger partial charge in [0.25, 0.3) is 10.0 Å². The number of thiophene rings is 1. The summed E-state index contributed by atoms with van der Waals surface area (Å²) >= 11 is 1.44. The molecule has 0 spiro atoms. The van der Waals surface area contributed by atoms with Crippen molar-refractivity contribution < 1.29 is 17.9 Å². The quantitative estimate of drug-likeness (QED) is 0.424. The number of ether oxygens (including phenoxy) is 2. The number of benzene rings is 2. The Bertz CT molecular complexity index is 1270. The fourth-order valence-electron chi connectivity index (χ4n) is 3.12. The van der Waals surface area contributed by atoms with Crippen LogP contribution in [0, 0.1) is 0 Å². The number of aromatic nitrogens is 2. The van der Waals surface area contributed by atoms with Gasteiger partial charge in [0.05, 0.1) is 31.3 Å². The van der Waals surface area contributed by atoms with Crippen molar-refractivity contribution in [1.29, 1.82) is 0 Å². The molecule has 7 nitrogen and oxygen atoms in total. The summed E-state index contributed by atoms with van der Waals surface area (Å²) in [5.41, 5.74) is 1.75.